The van der Waals surface area contributed by atoms with E-state index in [2.05, 4.69) is 17.1 Å². The fourth-order valence-electron chi connectivity index (χ4n) is 2.85. The van der Waals surface area contributed by atoms with Gasteiger partial charge in [0.05, 0.1) is 18.8 Å². The molecule has 1 amide bonds. The van der Waals surface area contributed by atoms with Crippen molar-refractivity contribution in [2.75, 3.05) is 26.2 Å². The number of ether oxygens (including phenoxy) is 1. The molecular formula is C14H27N3O2. The van der Waals surface area contributed by atoms with E-state index in [1.54, 1.807) is 0 Å². The molecule has 5 heteroatoms. The van der Waals surface area contributed by atoms with E-state index in [9.17, 15) is 4.79 Å². The molecule has 2 aliphatic heterocycles. The summed E-state index contributed by atoms with van der Waals surface area (Å²) < 4.78 is 5.81. The molecule has 0 aliphatic carbocycles. The van der Waals surface area contributed by atoms with Crippen LogP contribution in [0, 0.1) is 5.92 Å². The molecule has 0 radical (unpaired) electrons. The lowest BCUT2D eigenvalue weighted by atomic mass is 9.99. The number of nitrogens with zero attached hydrogens (tertiary/aromatic N) is 1. The van der Waals surface area contributed by atoms with Crippen molar-refractivity contribution in [3.8, 4) is 0 Å². The van der Waals surface area contributed by atoms with Crippen LogP contribution in [-0.4, -0.2) is 55.2 Å². The molecule has 0 saturated carbocycles. The molecule has 2 aliphatic rings. The molecule has 4 atom stereocenters. The maximum Gasteiger partial charge on any atom is 0.237 e. The molecule has 2 saturated heterocycles. The fourth-order valence-corrected chi connectivity index (χ4v) is 2.85. The third kappa shape index (κ3) is 3.68. The van der Waals surface area contributed by atoms with Crippen molar-refractivity contribution in [3.63, 3.8) is 0 Å². The van der Waals surface area contributed by atoms with Crippen LogP contribution in [0.1, 0.15) is 33.1 Å². The normalized spacial score (nSPS) is 30.7. The number of carbonyl (C=O) groups is 1. The van der Waals surface area contributed by atoms with Crippen LogP contribution in [0.15, 0.2) is 0 Å². The lowest BCUT2D eigenvalue weighted by Gasteiger charge is -2.35. The lowest BCUT2D eigenvalue weighted by Crippen LogP contribution is -2.52. The van der Waals surface area contributed by atoms with Crippen LogP contribution in [0.3, 0.4) is 0 Å². The van der Waals surface area contributed by atoms with E-state index in [4.69, 9.17) is 10.5 Å². The van der Waals surface area contributed by atoms with Gasteiger partial charge in [0.1, 0.15) is 0 Å². The lowest BCUT2D eigenvalue weighted by molar-refractivity contribution is -0.124. The number of hydrogen-bond acceptors (Lipinski definition) is 4. The summed E-state index contributed by atoms with van der Waals surface area (Å²) in [5, 5.41) is 2.93. The summed E-state index contributed by atoms with van der Waals surface area (Å²) in [5.74, 6) is 0.164. The molecule has 0 aromatic heterocycles. The van der Waals surface area contributed by atoms with Crippen molar-refractivity contribution in [2.45, 2.75) is 51.3 Å². The van der Waals surface area contributed by atoms with Crippen LogP contribution in [0.2, 0.25) is 0 Å². The van der Waals surface area contributed by atoms with Crippen LogP contribution in [-0.2, 0) is 9.53 Å². The molecule has 3 unspecified atom stereocenters. The third-order valence-corrected chi connectivity index (χ3v) is 4.53. The van der Waals surface area contributed by atoms with Crippen LogP contribution >= 0.6 is 0 Å². The van der Waals surface area contributed by atoms with Gasteiger partial charge in [-0.15, -0.1) is 0 Å². The predicted octanol–water partition coefficient (Wildman–Crippen LogP) is 0.339. The first kappa shape index (κ1) is 14.8. The summed E-state index contributed by atoms with van der Waals surface area (Å²) in [6.07, 6.45) is 3.55. The highest BCUT2D eigenvalue weighted by atomic mass is 16.5. The Bertz CT molecular complexity index is 311. The van der Waals surface area contributed by atoms with Gasteiger partial charge in [-0.1, -0.05) is 20.3 Å². The molecule has 2 rings (SSSR count). The zero-order valence-corrected chi connectivity index (χ0v) is 12.1. The number of nitrogens with one attached hydrogen (secondary N) is 1. The topological polar surface area (TPSA) is 67.6 Å². The number of fused-ring (bicyclic) bond motifs is 1. The van der Waals surface area contributed by atoms with Gasteiger partial charge in [0.25, 0.3) is 0 Å². The smallest absolute Gasteiger partial charge is 0.237 e. The predicted molar refractivity (Wildman–Crippen MR) is 74.8 cm³/mol. The third-order valence-electron chi connectivity index (χ3n) is 4.53. The Labute approximate surface area is 115 Å². The minimum absolute atomic E-state index is 0.0542. The highest BCUT2D eigenvalue weighted by Gasteiger charge is 2.32. The van der Waals surface area contributed by atoms with Gasteiger partial charge in [0.2, 0.25) is 5.91 Å². The Balaban J connectivity index is 1.72. The van der Waals surface area contributed by atoms with Crippen LogP contribution in [0.25, 0.3) is 0 Å². The molecule has 0 bridgehead atoms. The van der Waals surface area contributed by atoms with Gasteiger partial charge in [-0.25, -0.2) is 0 Å². The number of amides is 1. The molecule has 19 heavy (non-hydrogen) atoms. The second-order valence-corrected chi connectivity index (χ2v) is 5.90. The quantitative estimate of drug-likeness (QED) is 0.755. The number of carbonyl (C=O) groups excluding carboxylic acids is 1. The van der Waals surface area contributed by atoms with Crippen LogP contribution in [0.5, 0.6) is 0 Å². The second-order valence-electron chi connectivity index (χ2n) is 5.90. The van der Waals surface area contributed by atoms with Gasteiger partial charge < -0.3 is 15.8 Å². The Morgan fingerprint density at radius 3 is 3.11 bits per heavy atom. The van der Waals surface area contributed by atoms with Crippen molar-refractivity contribution < 1.29 is 9.53 Å². The average Bonchev–Trinajstić information content (AvgIpc) is 2.90. The van der Waals surface area contributed by atoms with Gasteiger partial charge in [0, 0.05) is 19.1 Å². The minimum Gasteiger partial charge on any atom is -0.373 e. The van der Waals surface area contributed by atoms with E-state index in [0.29, 0.717) is 12.6 Å². The molecule has 3 N–H and O–H groups in total. The fraction of sp³-hybridized carbons (Fsp3) is 0.929. The van der Waals surface area contributed by atoms with Crippen molar-refractivity contribution >= 4 is 5.91 Å². The first-order chi connectivity index (χ1) is 9.11. The van der Waals surface area contributed by atoms with Crippen molar-refractivity contribution in [3.05, 3.63) is 0 Å². The number of nitrogens with two attached hydrogens (primary N) is 1. The number of rotatable bonds is 5. The van der Waals surface area contributed by atoms with E-state index >= 15 is 0 Å². The van der Waals surface area contributed by atoms with Gasteiger partial charge in [0.15, 0.2) is 0 Å². The summed E-state index contributed by atoms with van der Waals surface area (Å²) >= 11 is 0. The molecule has 5 nitrogen and oxygen atoms in total. The average molecular weight is 269 g/mol. The standard InChI is InChI=1S/C14H27N3O2/c1-3-10(2)13(15)14(18)16-7-12-8-17-6-4-5-11(17)9-19-12/h10-13H,3-9,15H2,1-2H3,(H,16,18)/t10?,11?,12?,13-/m0/s1. The highest BCUT2D eigenvalue weighted by Crippen LogP contribution is 2.22. The maximum absolute atomic E-state index is 11.9. The molecule has 110 valence electrons. The Kier molecular flexibility index (Phi) is 5.19. The zero-order chi connectivity index (χ0) is 13.8. The Hall–Kier alpha value is -0.650. The van der Waals surface area contributed by atoms with E-state index in [0.717, 1.165) is 19.6 Å². The molecule has 2 fully saturated rings. The van der Waals surface area contributed by atoms with Gasteiger partial charge in [-0.2, -0.15) is 0 Å². The van der Waals surface area contributed by atoms with Crippen LogP contribution in [0.4, 0.5) is 0 Å². The van der Waals surface area contributed by atoms with Gasteiger partial charge in [-0.3, -0.25) is 9.69 Å². The molecule has 2 heterocycles. The van der Waals surface area contributed by atoms with E-state index in [1.165, 1.54) is 19.4 Å². The van der Waals surface area contributed by atoms with Gasteiger partial charge in [-0.05, 0) is 25.3 Å². The van der Waals surface area contributed by atoms with E-state index in [1.807, 2.05) is 6.92 Å². The monoisotopic (exact) mass is 269 g/mol. The minimum atomic E-state index is -0.409. The maximum atomic E-state index is 11.9. The number of morpholine rings is 1. The Morgan fingerprint density at radius 2 is 2.37 bits per heavy atom. The van der Waals surface area contributed by atoms with Crippen molar-refractivity contribution in [2.24, 2.45) is 11.7 Å². The summed E-state index contributed by atoms with van der Waals surface area (Å²) in [5.41, 5.74) is 5.91. The number of hydrogen-bond donors (Lipinski definition) is 2. The van der Waals surface area contributed by atoms with Crippen LogP contribution < -0.4 is 11.1 Å². The van der Waals surface area contributed by atoms with Crippen molar-refractivity contribution in [1.82, 2.24) is 10.2 Å². The SMILES string of the molecule is CCC(C)[C@H](N)C(=O)NCC1CN2CCCC2CO1. The zero-order valence-electron chi connectivity index (χ0n) is 12.1. The molecule has 0 aromatic carbocycles. The molecule has 0 aromatic rings. The molecule has 0 spiro atoms. The van der Waals surface area contributed by atoms with E-state index < -0.39 is 6.04 Å². The summed E-state index contributed by atoms with van der Waals surface area (Å²) in [6.45, 7) is 7.55. The van der Waals surface area contributed by atoms with E-state index in [-0.39, 0.29) is 17.9 Å². The van der Waals surface area contributed by atoms with Gasteiger partial charge >= 0.3 is 0 Å². The Morgan fingerprint density at radius 1 is 1.58 bits per heavy atom. The van der Waals surface area contributed by atoms with Crippen molar-refractivity contribution in [1.29, 1.82) is 0 Å². The molecular weight excluding hydrogens is 242 g/mol. The largest absolute Gasteiger partial charge is 0.373 e. The summed E-state index contributed by atoms with van der Waals surface area (Å²) in [4.78, 5) is 14.4. The second kappa shape index (κ2) is 6.68. The summed E-state index contributed by atoms with van der Waals surface area (Å²) in [6, 6.07) is 0.197. The highest BCUT2D eigenvalue weighted by molar-refractivity contribution is 5.81. The first-order valence-corrected chi connectivity index (χ1v) is 7.50. The summed E-state index contributed by atoms with van der Waals surface area (Å²) in [7, 11) is 0. The first-order valence-electron chi connectivity index (χ1n) is 7.50.